The lowest BCUT2D eigenvalue weighted by Crippen LogP contribution is -2.06. The van der Waals surface area contributed by atoms with Crippen LogP contribution in [0.5, 0.6) is 0 Å². The van der Waals surface area contributed by atoms with Crippen LogP contribution in [0, 0.1) is 11.8 Å². The van der Waals surface area contributed by atoms with Gasteiger partial charge in [-0.15, -0.1) is 0 Å². The molecule has 0 saturated heterocycles. The summed E-state index contributed by atoms with van der Waals surface area (Å²) in [5.74, 6) is 2.23. The molecule has 3 rings (SSSR count). The Labute approximate surface area is 76.7 Å². The van der Waals surface area contributed by atoms with Gasteiger partial charge < -0.3 is 0 Å². The van der Waals surface area contributed by atoms with Crippen molar-refractivity contribution in [1.82, 2.24) is 0 Å². The Balaban J connectivity index is 1.96. The minimum Gasteiger partial charge on any atom is -0.0530 e. The van der Waals surface area contributed by atoms with Crippen molar-refractivity contribution >= 4 is 0 Å². The Kier molecular flexibility index (Phi) is 3.08. The topological polar surface area (TPSA) is 0 Å². The Morgan fingerprint density at radius 2 is 0.750 bits per heavy atom. The first-order valence-corrected chi connectivity index (χ1v) is 5.95. The highest BCUT2D eigenvalue weighted by molar-refractivity contribution is 4.71. The van der Waals surface area contributed by atoms with Gasteiger partial charge in [-0.25, -0.2) is 0 Å². The van der Waals surface area contributed by atoms with Crippen LogP contribution in [0.2, 0.25) is 0 Å². The summed E-state index contributed by atoms with van der Waals surface area (Å²) in [6.07, 6.45) is 15.4. The molecule has 0 atom stereocenters. The van der Waals surface area contributed by atoms with Gasteiger partial charge in [-0.2, -0.15) is 0 Å². The van der Waals surface area contributed by atoms with Crippen LogP contribution in [0.3, 0.4) is 0 Å². The van der Waals surface area contributed by atoms with Crippen LogP contribution in [0.1, 0.15) is 64.2 Å². The summed E-state index contributed by atoms with van der Waals surface area (Å²) in [6.45, 7) is 0. The van der Waals surface area contributed by atoms with Gasteiger partial charge in [0.2, 0.25) is 0 Å². The molecule has 3 aliphatic carbocycles. The van der Waals surface area contributed by atoms with Gasteiger partial charge in [0.15, 0.2) is 0 Å². The first kappa shape index (κ1) is 8.59. The average molecular weight is 166 g/mol. The molecule has 0 nitrogen and oxygen atoms in total. The minimum atomic E-state index is 1.11. The SMILES string of the molecule is C1CCC2CCCC(C1)CCC2. The van der Waals surface area contributed by atoms with Gasteiger partial charge in [0.25, 0.3) is 0 Å². The summed E-state index contributed by atoms with van der Waals surface area (Å²) in [7, 11) is 0. The molecule has 0 radical (unpaired) electrons. The summed E-state index contributed by atoms with van der Waals surface area (Å²) in [4.78, 5) is 0. The van der Waals surface area contributed by atoms with Gasteiger partial charge in [0.1, 0.15) is 0 Å². The Hall–Kier alpha value is 0. The molecule has 3 aliphatic rings. The third kappa shape index (κ3) is 2.24. The fourth-order valence-corrected chi connectivity index (χ4v) is 3.12. The fourth-order valence-electron chi connectivity index (χ4n) is 3.12. The van der Waals surface area contributed by atoms with E-state index in [0.717, 1.165) is 11.8 Å². The zero-order valence-electron chi connectivity index (χ0n) is 8.23. The number of rotatable bonds is 0. The predicted octanol–water partition coefficient (Wildman–Crippen LogP) is 4.15. The number of fused-ring (bicyclic) bond motifs is 7. The molecule has 3 fully saturated rings. The monoisotopic (exact) mass is 166 g/mol. The lowest BCUT2D eigenvalue weighted by Gasteiger charge is -2.21. The van der Waals surface area contributed by atoms with E-state index in [1.165, 1.54) is 25.7 Å². The lowest BCUT2D eigenvalue weighted by atomic mass is 9.85. The lowest BCUT2D eigenvalue weighted by molar-refractivity contribution is 0.321. The largest absolute Gasteiger partial charge is 0.0530 e. The van der Waals surface area contributed by atoms with Gasteiger partial charge in [-0.3, -0.25) is 0 Å². The normalized spacial score (nSPS) is 38.0. The van der Waals surface area contributed by atoms with Crippen molar-refractivity contribution in [3.05, 3.63) is 0 Å². The van der Waals surface area contributed by atoms with Crippen molar-refractivity contribution < 1.29 is 0 Å². The summed E-state index contributed by atoms with van der Waals surface area (Å²) < 4.78 is 0. The van der Waals surface area contributed by atoms with E-state index < -0.39 is 0 Å². The van der Waals surface area contributed by atoms with E-state index in [1.54, 1.807) is 38.5 Å². The molecule has 0 N–H and O–H groups in total. The van der Waals surface area contributed by atoms with Crippen LogP contribution in [0.4, 0.5) is 0 Å². The van der Waals surface area contributed by atoms with Crippen molar-refractivity contribution in [3.8, 4) is 0 Å². The van der Waals surface area contributed by atoms with Gasteiger partial charge in [-0.1, -0.05) is 64.2 Å². The molecule has 0 amide bonds. The highest BCUT2D eigenvalue weighted by atomic mass is 14.2. The molecule has 3 saturated carbocycles. The van der Waals surface area contributed by atoms with Crippen LogP contribution in [-0.4, -0.2) is 0 Å². The van der Waals surface area contributed by atoms with E-state index in [9.17, 15) is 0 Å². The van der Waals surface area contributed by atoms with Crippen LogP contribution >= 0.6 is 0 Å². The molecule has 2 bridgehead atoms. The van der Waals surface area contributed by atoms with Crippen molar-refractivity contribution in [2.45, 2.75) is 64.2 Å². The molecule has 70 valence electrons. The molecule has 0 heterocycles. The second-order valence-electron chi connectivity index (χ2n) is 4.88. The maximum atomic E-state index is 1.55. The Bertz CT molecular complexity index is 98.5. The smallest absolute Gasteiger partial charge is 0.0414 e. The maximum absolute atomic E-state index is 1.55. The molecule has 0 unspecified atom stereocenters. The second kappa shape index (κ2) is 4.30. The van der Waals surface area contributed by atoms with E-state index in [2.05, 4.69) is 0 Å². The molecule has 0 aromatic carbocycles. The highest BCUT2D eigenvalue weighted by Crippen LogP contribution is 2.34. The molecular weight excluding hydrogens is 144 g/mol. The molecule has 12 heavy (non-hydrogen) atoms. The van der Waals surface area contributed by atoms with E-state index in [-0.39, 0.29) is 0 Å². The third-order valence-corrected chi connectivity index (χ3v) is 3.92. The first-order valence-electron chi connectivity index (χ1n) is 5.95. The standard InChI is InChI=1S/C12H22/c1-2-6-12-9-3-7-11(5-1)8-4-10-12/h11-12H,1-10H2. The van der Waals surface area contributed by atoms with E-state index in [0.29, 0.717) is 0 Å². The number of hydrogen-bond acceptors (Lipinski definition) is 0. The average Bonchev–Trinajstić information content (AvgIpc) is 2.18. The minimum absolute atomic E-state index is 1.11. The molecule has 0 spiro atoms. The van der Waals surface area contributed by atoms with Crippen LogP contribution < -0.4 is 0 Å². The molecule has 0 aromatic rings. The molecule has 0 aromatic heterocycles. The summed E-state index contributed by atoms with van der Waals surface area (Å²) in [5.41, 5.74) is 0. The Morgan fingerprint density at radius 3 is 1.17 bits per heavy atom. The van der Waals surface area contributed by atoms with Crippen LogP contribution in [0.15, 0.2) is 0 Å². The van der Waals surface area contributed by atoms with Crippen molar-refractivity contribution in [2.75, 3.05) is 0 Å². The van der Waals surface area contributed by atoms with E-state index in [4.69, 9.17) is 0 Å². The van der Waals surface area contributed by atoms with Crippen molar-refractivity contribution in [3.63, 3.8) is 0 Å². The predicted molar refractivity (Wildman–Crippen MR) is 53.2 cm³/mol. The zero-order chi connectivity index (χ0) is 8.23. The quantitative estimate of drug-likeness (QED) is 0.507. The second-order valence-corrected chi connectivity index (χ2v) is 4.88. The molecule has 0 aliphatic heterocycles. The van der Waals surface area contributed by atoms with Crippen LogP contribution in [0.25, 0.3) is 0 Å². The van der Waals surface area contributed by atoms with E-state index >= 15 is 0 Å². The van der Waals surface area contributed by atoms with Gasteiger partial charge in [0.05, 0.1) is 0 Å². The highest BCUT2D eigenvalue weighted by Gasteiger charge is 2.18. The first-order chi connectivity index (χ1) is 5.95. The summed E-state index contributed by atoms with van der Waals surface area (Å²) >= 11 is 0. The third-order valence-electron chi connectivity index (χ3n) is 3.92. The van der Waals surface area contributed by atoms with Gasteiger partial charge in [-0.05, 0) is 11.8 Å². The number of hydrogen-bond donors (Lipinski definition) is 0. The summed E-state index contributed by atoms with van der Waals surface area (Å²) in [6, 6.07) is 0. The van der Waals surface area contributed by atoms with E-state index in [1.807, 2.05) is 0 Å². The fraction of sp³-hybridized carbons (Fsp3) is 1.00. The van der Waals surface area contributed by atoms with Crippen molar-refractivity contribution in [1.29, 1.82) is 0 Å². The molecule has 0 heteroatoms. The van der Waals surface area contributed by atoms with Crippen LogP contribution in [-0.2, 0) is 0 Å². The van der Waals surface area contributed by atoms with Gasteiger partial charge in [0, 0.05) is 0 Å². The Morgan fingerprint density at radius 1 is 0.417 bits per heavy atom. The van der Waals surface area contributed by atoms with Gasteiger partial charge >= 0.3 is 0 Å². The van der Waals surface area contributed by atoms with Crippen molar-refractivity contribution in [2.24, 2.45) is 11.8 Å². The zero-order valence-corrected chi connectivity index (χ0v) is 8.23. The maximum Gasteiger partial charge on any atom is -0.0414 e. The summed E-state index contributed by atoms with van der Waals surface area (Å²) in [5, 5.41) is 0. The molecular formula is C12H22.